The van der Waals surface area contributed by atoms with E-state index in [0.717, 1.165) is 12.2 Å². The van der Waals surface area contributed by atoms with Crippen molar-refractivity contribution in [2.24, 2.45) is 0 Å². The SMILES string of the molecule is C=C/C=C(\C)NCc1ccccc1. The second kappa shape index (κ2) is 5.20. The van der Waals surface area contributed by atoms with Crippen LogP contribution >= 0.6 is 0 Å². The first-order valence-electron chi connectivity index (χ1n) is 4.40. The van der Waals surface area contributed by atoms with Crippen LogP contribution in [0.4, 0.5) is 0 Å². The molecule has 0 saturated heterocycles. The van der Waals surface area contributed by atoms with Crippen LogP contribution in [0, 0.1) is 0 Å². The fourth-order valence-corrected chi connectivity index (χ4v) is 1.07. The minimum absolute atomic E-state index is 0.872. The molecule has 0 unspecified atom stereocenters. The third-order valence-electron chi connectivity index (χ3n) is 1.78. The number of nitrogens with one attached hydrogen (secondary N) is 1. The van der Waals surface area contributed by atoms with Gasteiger partial charge in [-0.25, -0.2) is 0 Å². The Labute approximate surface area is 79.8 Å². The highest BCUT2D eigenvalue weighted by Gasteiger charge is 1.89. The number of rotatable bonds is 4. The lowest BCUT2D eigenvalue weighted by molar-refractivity contribution is 0.812. The van der Waals surface area contributed by atoms with Crippen LogP contribution in [0.1, 0.15) is 12.5 Å². The lowest BCUT2D eigenvalue weighted by Crippen LogP contribution is -2.09. The molecule has 1 aromatic rings. The first-order valence-corrected chi connectivity index (χ1v) is 4.40. The summed E-state index contributed by atoms with van der Waals surface area (Å²) in [4.78, 5) is 0. The molecule has 68 valence electrons. The van der Waals surface area contributed by atoms with E-state index in [4.69, 9.17) is 0 Å². The predicted octanol–water partition coefficient (Wildman–Crippen LogP) is 2.87. The van der Waals surface area contributed by atoms with Crippen molar-refractivity contribution in [2.45, 2.75) is 13.5 Å². The zero-order valence-corrected chi connectivity index (χ0v) is 7.96. The van der Waals surface area contributed by atoms with Crippen LogP contribution < -0.4 is 5.32 Å². The molecule has 0 aromatic heterocycles. The molecule has 1 aromatic carbocycles. The fraction of sp³-hybridized carbons (Fsp3) is 0.167. The number of hydrogen-bond acceptors (Lipinski definition) is 1. The Balaban J connectivity index is 2.44. The summed E-state index contributed by atoms with van der Waals surface area (Å²) in [6, 6.07) is 10.3. The first-order chi connectivity index (χ1) is 6.33. The van der Waals surface area contributed by atoms with Gasteiger partial charge in [0.15, 0.2) is 0 Å². The van der Waals surface area contributed by atoms with E-state index in [2.05, 4.69) is 24.0 Å². The van der Waals surface area contributed by atoms with Gasteiger partial charge in [0, 0.05) is 12.2 Å². The van der Waals surface area contributed by atoms with Crippen LogP contribution in [0.3, 0.4) is 0 Å². The second-order valence-electron chi connectivity index (χ2n) is 2.92. The summed E-state index contributed by atoms with van der Waals surface area (Å²) in [6.07, 6.45) is 3.75. The van der Waals surface area contributed by atoms with Gasteiger partial charge in [-0.05, 0) is 18.6 Å². The van der Waals surface area contributed by atoms with Gasteiger partial charge in [0.2, 0.25) is 0 Å². The minimum atomic E-state index is 0.872. The molecule has 1 heteroatoms. The molecule has 0 heterocycles. The molecule has 0 bridgehead atoms. The Kier molecular flexibility index (Phi) is 3.83. The van der Waals surface area contributed by atoms with E-state index in [1.807, 2.05) is 31.2 Å². The maximum absolute atomic E-state index is 3.64. The van der Waals surface area contributed by atoms with Crippen LogP contribution in [0.2, 0.25) is 0 Å². The molecule has 0 aliphatic rings. The molecular formula is C12H15N. The summed E-state index contributed by atoms with van der Waals surface area (Å²) in [5.41, 5.74) is 2.43. The maximum Gasteiger partial charge on any atom is 0.0397 e. The van der Waals surface area contributed by atoms with Crippen molar-refractivity contribution < 1.29 is 0 Å². The molecule has 0 spiro atoms. The molecule has 0 saturated carbocycles. The van der Waals surface area contributed by atoms with Gasteiger partial charge in [-0.3, -0.25) is 0 Å². The van der Waals surface area contributed by atoms with E-state index >= 15 is 0 Å². The van der Waals surface area contributed by atoms with E-state index < -0.39 is 0 Å². The number of hydrogen-bond donors (Lipinski definition) is 1. The smallest absolute Gasteiger partial charge is 0.0397 e. The zero-order valence-electron chi connectivity index (χ0n) is 7.96. The largest absolute Gasteiger partial charge is 0.384 e. The van der Waals surface area contributed by atoms with E-state index in [-0.39, 0.29) is 0 Å². The van der Waals surface area contributed by atoms with Gasteiger partial charge in [-0.15, -0.1) is 0 Å². The Morgan fingerprint density at radius 3 is 2.69 bits per heavy atom. The van der Waals surface area contributed by atoms with E-state index in [9.17, 15) is 0 Å². The van der Waals surface area contributed by atoms with Gasteiger partial charge >= 0.3 is 0 Å². The number of benzene rings is 1. The molecule has 0 aliphatic heterocycles. The Morgan fingerprint density at radius 1 is 1.38 bits per heavy atom. The average Bonchev–Trinajstić information content (AvgIpc) is 2.17. The summed E-state index contributed by atoms with van der Waals surface area (Å²) in [5.74, 6) is 0. The number of allylic oxidation sites excluding steroid dienone is 3. The topological polar surface area (TPSA) is 12.0 Å². The standard InChI is InChI=1S/C12H15N/c1-3-7-11(2)13-10-12-8-5-4-6-9-12/h3-9,13H,1,10H2,2H3/b11-7+. The van der Waals surface area contributed by atoms with Crippen LogP contribution in [0.15, 0.2) is 54.8 Å². The average molecular weight is 173 g/mol. The Bertz CT molecular complexity index is 285. The lowest BCUT2D eigenvalue weighted by atomic mass is 10.2. The van der Waals surface area contributed by atoms with Gasteiger partial charge in [0.25, 0.3) is 0 Å². The minimum Gasteiger partial charge on any atom is -0.384 e. The molecule has 0 fully saturated rings. The highest BCUT2D eigenvalue weighted by Crippen LogP contribution is 1.98. The van der Waals surface area contributed by atoms with Crippen LogP contribution in [0.5, 0.6) is 0 Å². The molecular weight excluding hydrogens is 158 g/mol. The molecule has 1 rings (SSSR count). The highest BCUT2D eigenvalue weighted by atomic mass is 14.9. The molecule has 13 heavy (non-hydrogen) atoms. The van der Waals surface area contributed by atoms with E-state index in [1.54, 1.807) is 6.08 Å². The van der Waals surface area contributed by atoms with Crippen molar-refractivity contribution >= 4 is 0 Å². The Morgan fingerprint density at radius 2 is 2.08 bits per heavy atom. The predicted molar refractivity (Wildman–Crippen MR) is 57.2 cm³/mol. The summed E-state index contributed by atoms with van der Waals surface area (Å²) in [7, 11) is 0. The normalized spacial score (nSPS) is 11.0. The Hall–Kier alpha value is -1.50. The molecule has 0 radical (unpaired) electrons. The summed E-state index contributed by atoms with van der Waals surface area (Å²) < 4.78 is 0. The van der Waals surface area contributed by atoms with Crippen molar-refractivity contribution in [3.63, 3.8) is 0 Å². The van der Waals surface area contributed by atoms with Gasteiger partial charge in [0.05, 0.1) is 0 Å². The molecule has 0 aliphatic carbocycles. The van der Waals surface area contributed by atoms with Gasteiger partial charge < -0.3 is 5.32 Å². The van der Waals surface area contributed by atoms with E-state index in [1.165, 1.54) is 5.56 Å². The third-order valence-corrected chi connectivity index (χ3v) is 1.78. The molecule has 0 amide bonds. The van der Waals surface area contributed by atoms with Crippen molar-refractivity contribution in [3.05, 3.63) is 60.3 Å². The van der Waals surface area contributed by atoms with E-state index in [0.29, 0.717) is 0 Å². The van der Waals surface area contributed by atoms with Gasteiger partial charge in [-0.1, -0.05) is 43.0 Å². The summed E-state index contributed by atoms with van der Waals surface area (Å²) in [5, 5.41) is 3.29. The van der Waals surface area contributed by atoms with Crippen LogP contribution in [0.25, 0.3) is 0 Å². The van der Waals surface area contributed by atoms with Crippen molar-refractivity contribution in [2.75, 3.05) is 0 Å². The third kappa shape index (κ3) is 3.61. The quantitative estimate of drug-likeness (QED) is 0.690. The monoisotopic (exact) mass is 173 g/mol. The lowest BCUT2D eigenvalue weighted by Gasteiger charge is -2.05. The van der Waals surface area contributed by atoms with Gasteiger partial charge in [-0.2, -0.15) is 0 Å². The zero-order chi connectivity index (χ0) is 9.52. The maximum atomic E-state index is 3.64. The summed E-state index contributed by atoms with van der Waals surface area (Å²) in [6.45, 7) is 6.54. The van der Waals surface area contributed by atoms with Crippen molar-refractivity contribution in [1.29, 1.82) is 0 Å². The highest BCUT2D eigenvalue weighted by molar-refractivity contribution is 5.16. The van der Waals surface area contributed by atoms with Crippen LogP contribution in [-0.2, 0) is 6.54 Å². The first kappa shape index (κ1) is 9.59. The van der Waals surface area contributed by atoms with Crippen molar-refractivity contribution in [1.82, 2.24) is 5.32 Å². The fourth-order valence-electron chi connectivity index (χ4n) is 1.07. The van der Waals surface area contributed by atoms with Gasteiger partial charge in [0.1, 0.15) is 0 Å². The van der Waals surface area contributed by atoms with Crippen molar-refractivity contribution in [3.8, 4) is 0 Å². The molecule has 0 atom stereocenters. The second-order valence-corrected chi connectivity index (χ2v) is 2.92. The molecule has 1 N–H and O–H groups in total. The summed E-state index contributed by atoms with van der Waals surface area (Å²) >= 11 is 0. The molecule has 1 nitrogen and oxygen atoms in total. The van der Waals surface area contributed by atoms with Crippen LogP contribution in [-0.4, -0.2) is 0 Å².